The summed E-state index contributed by atoms with van der Waals surface area (Å²) in [6.07, 6.45) is -0.233. The molecule has 0 aliphatic carbocycles. The monoisotopic (exact) mass is 357 g/mol. The topological polar surface area (TPSA) is 84.9 Å². The predicted molar refractivity (Wildman–Crippen MR) is 97.5 cm³/mol. The summed E-state index contributed by atoms with van der Waals surface area (Å²) in [6.45, 7) is 1.79. The number of hydrogen-bond acceptors (Lipinski definition) is 4. The van der Waals surface area contributed by atoms with Crippen molar-refractivity contribution in [2.24, 2.45) is 0 Å². The number of carbonyl (C=O) groups excluding carboxylic acids is 1. The molecular formula is C20H23NO5. The van der Waals surface area contributed by atoms with E-state index in [0.29, 0.717) is 17.1 Å². The molecule has 6 heteroatoms. The third-order valence-electron chi connectivity index (χ3n) is 4.20. The van der Waals surface area contributed by atoms with Crippen molar-refractivity contribution in [2.75, 3.05) is 14.2 Å². The second-order valence-corrected chi connectivity index (χ2v) is 5.91. The van der Waals surface area contributed by atoms with Crippen molar-refractivity contribution in [1.29, 1.82) is 0 Å². The van der Waals surface area contributed by atoms with E-state index in [2.05, 4.69) is 5.32 Å². The van der Waals surface area contributed by atoms with Crippen molar-refractivity contribution < 1.29 is 24.2 Å². The highest BCUT2D eigenvalue weighted by atomic mass is 16.5. The van der Waals surface area contributed by atoms with E-state index >= 15 is 0 Å². The summed E-state index contributed by atoms with van der Waals surface area (Å²) in [7, 11) is 3.03. The van der Waals surface area contributed by atoms with Crippen LogP contribution in [0.5, 0.6) is 11.5 Å². The fraction of sp³-hybridized carbons (Fsp3) is 0.300. The summed E-state index contributed by atoms with van der Waals surface area (Å²) in [5.74, 6) is -0.623. The zero-order chi connectivity index (χ0) is 19.1. The van der Waals surface area contributed by atoms with Gasteiger partial charge >= 0.3 is 5.97 Å². The van der Waals surface area contributed by atoms with Crippen LogP contribution in [-0.4, -0.2) is 31.2 Å². The Bertz CT molecular complexity index is 760. The maximum Gasteiger partial charge on any atom is 0.305 e. The average Bonchev–Trinajstić information content (AvgIpc) is 2.66. The number of benzene rings is 2. The van der Waals surface area contributed by atoms with Crippen LogP contribution in [0.4, 0.5) is 0 Å². The van der Waals surface area contributed by atoms with Crippen LogP contribution in [-0.2, 0) is 9.59 Å². The van der Waals surface area contributed by atoms with E-state index in [9.17, 15) is 14.7 Å². The van der Waals surface area contributed by atoms with Crippen molar-refractivity contribution in [2.45, 2.75) is 25.3 Å². The van der Waals surface area contributed by atoms with Crippen molar-refractivity contribution in [1.82, 2.24) is 5.32 Å². The Morgan fingerprint density at radius 2 is 1.65 bits per heavy atom. The lowest BCUT2D eigenvalue weighted by Gasteiger charge is -2.21. The number of ether oxygens (including phenoxy) is 2. The summed E-state index contributed by atoms with van der Waals surface area (Å²) in [5.41, 5.74) is 1.50. The summed E-state index contributed by atoms with van der Waals surface area (Å²) in [4.78, 5) is 23.9. The molecule has 138 valence electrons. The zero-order valence-corrected chi connectivity index (χ0v) is 15.1. The Morgan fingerprint density at radius 3 is 2.23 bits per heavy atom. The number of methoxy groups -OCH3 is 2. The summed E-state index contributed by atoms with van der Waals surface area (Å²) in [5, 5.41) is 12.1. The lowest BCUT2D eigenvalue weighted by molar-refractivity contribution is -0.137. The molecular weight excluding hydrogens is 334 g/mol. The molecule has 0 radical (unpaired) electrons. The average molecular weight is 357 g/mol. The van der Waals surface area contributed by atoms with Gasteiger partial charge in [-0.25, -0.2) is 0 Å². The van der Waals surface area contributed by atoms with Gasteiger partial charge in [-0.3, -0.25) is 9.59 Å². The molecule has 26 heavy (non-hydrogen) atoms. The Balaban J connectivity index is 2.24. The van der Waals surface area contributed by atoms with Crippen LogP contribution in [0.2, 0.25) is 0 Å². The number of aliphatic carboxylic acids is 1. The van der Waals surface area contributed by atoms with Crippen molar-refractivity contribution in [3.8, 4) is 11.5 Å². The van der Waals surface area contributed by atoms with Gasteiger partial charge in [-0.05, 0) is 30.2 Å². The molecule has 0 fully saturated rings. The SMILES string of the molecule is COc1ccc(C(CC(=O)O)NC(=O)[C@@H](C)c2ccccc2)cc1OC. The minimum absolute atomic E-state index is 0.233. The molecule has 0 aromatic heterocycles. The number of rotatable bonds is 8. The van der Waals surface area contributed by atoms with E-state index in [4.69, 9.17) is 9.47 Å². The van der Waals surface area contributed by atoms with Gasteiger partial charge < -0.3 is 19.9 Å². The van der Waals surface area contributed by atoms with Crippen LogP contribution >= 0.6 is 0 Å². The standard InChI is InChI=1S/C20H23NO5/c1-13(14-7-5-4-6-8-14)20(24)21-16(12-19(22)23)15-9-10-17(25-2)18(11-15)26-3/h4-11,13,16H,12H2,1-3H3,(H,21,24)(H,22,23)/t13-,16?/m0/s1. The largest absolute Gasteiger partial charge is 0.493 e. The highest BCUT2D eigenvalue weighted by Crippen LogP contribution is 2.31. The molecule has 6 nitrogen and oxygen atoms in total. The molecule has 0 heterocycles. The molecule has 0 bridgehead atoms. The molecule has 0 saturated heterocycles. The first kappa shape index (κ1) is 19.3. The number of carboxylic acids is 1. The second kappa shape index (κ2) is 8.89. The molecule has 0 aliphatic rings. The third-order valence-corrected chi connectivity index (χ3v) is 4.20. The quantitative estimate of drug-likeness (QED) is 0.758. The van der Waals surface area contributed by atoms with Crippen molar-refractivity contribution in [3.05, 3.63) is 59.7 Å². The number of carbonyl (C=O) groups is 2. The Labute approximate surface area is 152 Å². The van der Waals surface area contributed by atoms with E-state index in [1.807, 2.05) is 30.3 Å². The number of amides is 1. The maximum absolute atomic E-state index is 12.6. The summed E-state index contributed by atoms with van der Waals surface area (Å²) >= 11 is 0. The number of hydrogen-bond donors (Lipinski definition) is 2. The van der Waals surface area contributed by atoms with Crippen LogP contribution in [0.25, 0.3) is 0 Å². The van der Waals surface area contributed by atoms with E-state index in [-0.39, 0.29) is 12.3 Å². The number of nitrogens with one attached hydrogen (secondary N) is 1. The lowest BCUT2D eigenvalue weighted by atomic mass is 9.98. The third kappa shape index (κ3) is 4.75. The second-order valence-electron chi connectivity index (χ2n) is 5.91. The van der Waals surface area contributed by atoms with Gasteiger partial charge in [0.05, 0.1) is 32.6 Å². The molecule has 2 atom stereocenters. The van der Waals surface area contributed by atoms with Gasteiger partial charge in [-0.1, -0.05) is 36.4 Å². The molecule has 0 aliphatic heterocycles. The predicted octanol–water partition coefficient (Wildman–Crippen LogP) is 3.14. The first-order valence-electron chi connectivity index (χ1n) is 8.25. The molecule has 2 N–H and O–H groups in total. The summed E-state index contributed by atoms with van der Waals surface area (Å²) in [6, 6.07) is 13.8. The number of carboxylic acid groups (broad SMARTS) is 1. The van der Waals surface area contributed by atoms with Crippen molar-refractivity contribution in [3.63, 3.8) is 0 Å². The van der Waals surface area contributed by atoms with Crippen LogP contribution in [0, 0.1) is 0 Å². The molecule has 2 aromatic rings. The van der Waals surface area contributed by atoms with Crippen LogP contribution in [0.1, 0.15) is 36.4 Å². The molecule has 1 unspecified atom stereocenters. The molecule has 2 rings (SSSR count). The van der Waals surface area contributed by atoms with E-state index in [1.165, 1.54) is 14.2 Å². The minimum atomic E-state index is -1.00. The van der Waals surface area contributed by atoms with Gasteiger partial charge in [0.2, 0.25) is 5.91 Å². The smallest absolute Gasteiger partial charge is 0.305 e. The van der Waals surface area contributed by atoms with Gasteiger partial charge in [-0.15, -0.1) is 0 Å². The summed E-state index contributed by atoms with van der Waals surface area (Å²) < 4.78 is 10.5. The van der Waals surface area contributed by atoms with Crippen LogP contribution < -0.4 is 14.8 Å². The van der Waals surface area contributed by atoms with Gasteiger partial charge in [-0.2, -0.15) is 0 Å². The zero-order valence-electron chi connectivity index (χ0n) is 15.1. The van der Waals surface area contributed by atoms with Gasteiger partial charge in [0, 0.05) is 0 Å². The van der Waals surface area contributed by atoms with E-state index in [1.54, 1.807) is 25.1 Å². The molecule has 1 amide bonds. The Hall–Kier alpha value is -3.02. The molecule has 0 spiro atoms. The Kier molecular flexibility index (Phi) is 6.60. The Morgan fingerprint density at radius 1 is 1.00 bits per heavy atom. The first-order valence-corrected chi connectivity index (χ1v) is 8.25. The van der Waals surface area contributed by atoms with Gasteiger partial charge in [0.1, 0.15) is 0 Å². The van der Waals surface area contributed by atoms with Crippen LogP contribution in [0.3, 0.4) is 0 Å². The molecule has 2 aromatic carbocycles. The fourth-order valence-electron chi connectivity index (χ4n) is 2.69. The van der Waals surface area contributed by atoms with Gasteiger partial charge in [0.25, 0.3) is 0 Å². The van der Waals surface area contributed by atoms with Crippen molar-refractivity contribution >= 4 is 11.9 Å². The molecule has 0 saturated carbocycles. The van der Waals surface area contributed by atoms with E-state index < -0.39 is 17.9 Å². The highest BCUT2D eigenvalue weighted by molar-refractivity contribution is 5.84. The highest BCUT2D eigenvalue weighted by Gasteiger charge is 2.23. The first-order chi connectivity index (χ1) is 12.5. The van der Waals surface area contributed by atoms with Crippen LogP contribution in [0.15, 0.2) is 48.5 Å². The van der Waals surface area contributed by atoms with Gasteiger partial charge in [0.15, 0.2) is 11.5 Å². The van der Waals surface area contributed by atoms with E-state index in [0.717, 1.165) is 5.56 Å². The lowest BCUT2D eigenvalue weighted by Crippen LogP contribution is -2.33. The fourth-order valence-corrected chi connectivity index (χ4v) is 2.69. The normalized spacial score (nSPS) is 12.7. The minimum Gasteiger partial charge on any atom is -0.493 e. The maximum atomic E-state index is 12.6.